The van der Waals surface area contributed by atoms with Gasteiger partial charge in [0.1, 0.15) is 42.7 Å². The van der Waals surface area contributed by atoms with E-state index in [1.165, 1.54) is 6.08 Å². The van der Waals surface area contributed by atoms with Gasteiger partial charge in [0.15, 0.2) is 12.2 Å². The summed E-state index contributed by atoms with van der Waals surface area (Å²) in [6.45, 7) is 5.50. The molecule has 0 spiro atoms. The zero-order chi connectivity index (χ0) is 71.9. The molecule has 2 aliphatic heterocycles. The maximum atomic E-state index is 12.1. The Kier molecular flexibility index (Phi) is 43.2. The SMILES string of the molecule is C/C(=C\C(=O)OCCCCCCCCC(=O)O)C[C@@H]1OC[C@H](C[C@@H]2O[C@H]2[C@@H](C)[C@H](C)O)[C@@H](O)[C@H]1O.NC(=NCCCCCCN=C(N)/N=C(\N)Nc1ccc(Cl)cc1)/N=C(\N)Nc1ccc(Cl)cc1.O=C(O)[C@H](O)[C@@H](O)[C@H](O)[C@H](O)CO.O=C(O)[C@H](O)[C@@H](O)[C@H](O)[C@H](O)CO. The standard InChI is InChI=1S/C26H44O9.C22H30Cl2N10.2C6H12O7/c1-16(13-23(30)33-11-9-7-5-4-6-8-10-22(28)29)12-20-25(32)24(31)19(15-34-20)14-21-26(35-21)17(2)18(3)27;23-15-5-9-17(10-6-15)31-21(27)33-19(25)29-13-3-1-2-4-14-30-20(26)34-22(28)32-18-11-7-16(24)8-12-18;2*7-1-2(8)3(9)4(10)5(11)6(12)13/h13,17-21,24-27,31-32H,4-12,14-15H2,1-3H3,(H,28,29);5-12H,1-4,13-14H2,(H5,25,27,29,31,33)(H5,26,28,30,32,34);2*2-5,7-11H,1H2,(H,12,13)/b16-13+;;;/t17-,18-,19-,20-,21-,24+,25-,26-;;2*2-,3-,4+,5-/m0.11/s1. The number of aliphatic hydroxyl groups excluding tert-OH is 13. The molecule has 0 aliphatic carbocycles. The lowest BCUT2D eigenvalue weighted by Gasteiger charge is -2.38. The first kappa shape index (κ1) is 86.5. The average Bonchev–Trinajstić information content (AvgIpc) is 1.66. The van der Waals surface area contributed by atoms with Crippen LogP contribution in [0.25, 0.3) is 0 Å². The highest BCUT2D eigenvalue weighted by Gasteiger charge is 2.48. The fraction of sp³-hybridized carbons (Fsp3) is 0.633. The molecule has 33 nitrogen and oxygen atoms in total. The van der Waals surface area contributed by atoms with Gasteiger partial charge in [0.2, 0.25) is 23.8 Å². The van der Waals surface area contributed by atoms with Gasteiger partial charge in [-0.3, -0.25) is 14.8 Å². The Morgan fingerprint density at radius 2 is 1.04 bits per heavy atom. The minimum atomic E-state index is -2.20. The van der Waals surface area contributed by atoms with Crippen LogP contribution in [0.5, 0.6) is 0 Å². The van der Waals surface area contributed by atoms with E-state index in [-0.39, 0.29) is 54.3 Å². The number of nitrogens with one attached hydrogen (secondary N) is 2. The van der Waals surface area contributed by atoms with E-state index in [1.54, 1.807) is 62.4 Å². The average molecular weight is 1400 g/mol. The predicted octanol–water partition coefficient (Wildman–Crippen LogP) is -1.06. The van der Waals surface area contributed by atoms with Crippen LogP contribution in [0.3, 0.4) is 0 Å². The summed E-state index contributed by atoms with van der Waals surface area (Å²) in [7, 11) is 0. The summed E-state index contributed by atoms with van der Waals surface area (Å²) in [5.41, 5.74) is 25.5. The van der Waals surface area contributed by atoms with Gasteiger partial charge >= 0.3 is 23.9 Å². The number of nitrogens with zero attached hydrogens (tertiary/aromatic N) is 4. The molecular weight excluding hydrogens is 1300 g/mol. The van der Waals surface area contributed by atoms with Crippen LogP contribution in [0.2, 0.25) is 10.0 Å². The number of benzene rings is 2. The zero-order valence-electron chi connectivity index (χ0n) is 53.2. The van der Waals surface area contributed by atoms with Crippen LogP contribution < -0.4 is 33.6 Å². The van der Waals surface area contributed by atoms with Crippen molar-refractivity contribution >= 4 is 82.3 Å². The number of carboxylic acids is 3. The highest BCUT2D eigenvalue weighted by Crippen LogP contribution is 2.38. The molecule has 2 aliphatic rings. The lowest BCUT2D eigenvalue weighted by molar-refractivity contribution is -0.165. The highest BCUT2D eigenvalue weighted by molar-refractivity contribution is 6.31. The molecule has 35 heteroatoms. The van der Waals surface area contributed by atoms with Gasteiger partial charge in [-0.15, -0.1) is 0 Å². The number of nitrogens with two attached hydrogens (primary N) is 4. The number of carboxylic acid groups (broad SMARTS) is 3. The maximum absolute atomic E-state index is 12.1. The van der Waals surface area contributed by atoms with E-state index < -0.39 is 110 Å². The van der Waals surface area contributed by atoms with Crippen molar-refractivity contribution < 1.29 is 115 Å². The van der Waals surface area contributed by atoms with Crippen molar-refractivity contribution in [2.24, 2.45) is 54.7 Å². The van der Waals surface area contributed by atoms with Crippen molar-refractivity contribution in [2.45, 2.75) is 190 Å². The number of anilines is 2. The van der Waals surface area contributed by atoms with Crippen LogP contribution >= 0.6 is 23.2 Å². The Bertz CT molecular complexity index is 2580. The first-order valence-corrected chi connectivity index (χ1v) is 31.3. The lowest BCUT2D eigenvalue weighted by atomic mass is 9.85. The van der Waals surface area contributed by atoms with Crippen molar-refractivity contribution in [3.05, 3.63) is 70.2 Å². The van der Waals surface area contributed by atoms with Crippen molar-refractivity contribution in [3.8, 4) is 0 Å². The van der Waals surface area contributed by atoms with Gasteiger partial charge in [-0.1, -0.05) is 74.2 Å². The number of aliphatic carboxylic acids is 3. The largest absolute Gasteiger partial charge is 0.481 e. The molecule has 2 aromatic carbocycles. The number of aliphatic imine (C=N–C) groups is 4. The van der Waals surface area contributed by atoms with E-state index in [4.69, 9.17) is 127 Å². The van der Waals surface area contributed by atoms with E-state index in [9.17, 15) is 34.5 Å². The summed E-state index contributed by atoms with van der Waals surface area (Å²) in [6, 6.07) is 14.1. The monoisotopic (exact) mass is 1400 g/mol. The number of unbranched alkanes of at least 4 members (excludes halogenated alkanes) is 8. The Balaban J connectivity index is 0.000000697. The van der Waals surface area contributed by atoms with E-state index >= 15 is 0 Å². The van der Waals surface area contributed by atoms with Crippen molar-refractivity contribution in [1.82, 2.24) is 0 Å². The Labute approximate surface area is 560 Å². The second kappa shape index (κ2) is 47.4. The van der Waals surface area contributed by atoms with E-state index in [0.29, 0.717) is 61.2 Å². The number of epoxide rings is 1. The van der Waals surface area contributed by atoms with Gasteiger partial charge in [0.25, 0.3) is 0 Å². The number of hydrogen-bond acceptors (Lipinski definition) is 22. The van der Waals surface area contributed by atoms with Crippen LogP contribution in [0.1, 0.15) is 104 Å². The molecule has 2 saturated heterocycles. The quantitative estimate of drug-likeness (QED) is 0.00977. The molecule has 0 saturated carbocycles. The third-order valence-corrected chi connectivity index (χ3v) is 14.9. The molecule has 2 fully saturated rings. The van der Waals surface area contributed by atoms with Crippen molar-refractivity contribution in [2.75, 3.05) is 50.2 Å². The molecule has 0 bridgehead atoms. The number of halogens is 2. The van der Waals surface area contributed by atoms with Crippen LogP contribution in [-0.2, 0) is 33.4 Å². The van der Waals surface area contributed by atoms with Crippen LogP contribution in [0.15, 0.2) is 80.1 Å². The number of aliphatic hydroxyl groups is 13. The minimum absolute atomic E-state index is 0.0160. The molecule has 540 valence electrons. The molecule has 0 radical (unpaired) electrons. The first-order chi connectivity index (χ1) is 44.7. The van der Waals surface area contributed by atoms with Gasteiger partial charge in [-0.05, 0) is 101 Å². The molecule has 0 amide bonds. The number of rotatable bonds is 35. The van der Waals surface area contributed by atoms with Gasteiger partial charge < -0.3 is 129 Å². The third kappa shape index (κ3) is 37.0. The van der Waals surface area contributed by atoms with Gasteiger partial charge in [-0.25, -0.2) is 14.4 Å². The number of guanidine groups is 4. The molecule has 95 heavy (non-hydrogen) atoms. The Morgan fingerprint density at radius 3 is 1.45 bits per heavy atom. The van der Waals surface area contributed by atoms with E-state index in [2.05, 4.69) is 30.6 Å². The molecule has 4 rings (SSSR count). The molecule has 16 atom stereocenters. The van der Waals surface area contributed by atoms with Crippen molar-refractivity contribution in [1.29, 1.82) is 0 Å². The second-order valence-electron chi connectivity index (χ2n) is 22.4. The number of ether oxygens (including phenoxy) is 3. The number of esters is 1. The number of carbonyl (C=O) groups is 4. The Morgan fingerprint density at radius 1 is 0.621 bits per heavy atom. The van der Waals surface area contributed by atoms with E-state index in [1.807, 2.05) is 6.92 Å². The molecule has 0 aromatic heterocycles. The van der Waals surface area contributed by atoms with Crippen LogP contribution in [0, 0.1) is 11.8 Å². The highest BCUT2D eigenvalue weighted by atomic mass is 35.5. The third-order valence-electron chi connectivity index (χ3n) is 14.4. The number of carbonyl (C=O) groups excluding carboxylic acids is 1. The second-order valence-corrected chi connectivity index (χ2v) is 23.3. The summed E-state index contributed by atoms with van der Waals surface area (Å²) < 4.78 is 16.7. The summed E-state index contributed by atoms with van der Waals surface area (Å²) in [6.07, 6.45) is -7.38. The summed E-state index contributed by atoms with van der Waals surface area (Å²) >= 11 is 11.7. The van der Waals surface area contributed by atoms with E-state index in [0.717, 1.165) is 69.2 Å². The lowest BCUT2D eigenvalue weighted by Crippen LogP contribution is -2.50. The topological polar surface area (TPSA) is 601 Å². The molecular formula is C60H98Cl2N10O23. The zero-order valence-corrected chi connectivity index (χ0v) is 54.7. The molecule has 26 N–H and O–H groups in total. The number of hydrogen-bond donors (Lipinski definition) is 22. The minimum Gasteiger partial charge on any atom is -0.481 e. The molecule has 0 unspecified atom stereocenters. The summed E-state index contributed by atoms with van der Waals surface area (Å²) in [5.74, 6) is -4.31. The summed E-state index contributed by atoms with van der Waals surface area (Å²) in [5, 5.41) is 150. The summed E-state index contributed by atoms with van der Waals surface area (Å²) in [4.78, 5) is 59.2. The van der Waals surface area contributed by atoms with Gasteiger partial charge in [0, 0.05) is 58.8 Å². The normalized spacial score (nSPS) is 21.5. The Hall–Kier alpha value is -6.48. The molecule has 2 heterocycles. The van der Waals surface area contributed by atoms with Crippen LogP contribution in [0.4, 0.5) is 11.4 Å². The predicted molar refractivity (Wildman–Crippen MR) is 351 cm³/mol. The fourth-order valence-corrected chi connectivity index (χ4v) is 8.88. The van der Waals surface area contributed by atoms with Gasteiger partial charge in [-0.2, -0.15) is 9.98 Å². The van der Waals surface area contributed by atoms with Crippen LogP contribution in [-0.4, -0.2) is 254 Å². The fourth-order valence-electron chi connectivity index (χ4n) is 8.63. The maximum Gasteiger partial charge on any atom is 0.335 e. The smallest absolute Gasteiger partial charge is 0.335 e. The van der Waals surface area contributed by atoms with Crippen molar-refractivity contribution in [3.63, 3.8) is 0 Å². The van der Waals surface area contributed by atoms with Gasteiger partial charge in [0.05, 0.1) is 56.9 Å². The molecule has 2 aromatic rings. The first-order valence-electron chi connectivity index (χ1n) is 30.6.